The van der Waals surface area contributed by atoms with Gasteiger partial charge in [0.05, 0.1) is 17.7 Å². The van der Waals surface area contributed by atoms with Gasteiger partial charge in [0, 0.05) is 5.75 Å². The van der Waals surface area contributed by atoms with Gasteiger partial charge in [-0.25, -0.2) is 0 Å². The lowest BCUT2D eigenvalue weighted by Gasteiger charge is -1.93. The lowest BCUT2D eigenvalue weighted by molar-refractivity contribution is 0.322. The molecule has 0 spiro atoms. The second-order valence-corrected chi connectivity index (χ2v) is 2.86. The van der Waals surface area contributed by atoms with Gasteiger partial charge in [0.15, 0.2) is 0 Å². The molecule has 0 saturated carbocycles. The van der Waals surface area contributed by atoms with Gasteiger partial charge in [0.25, 0.3) is 0 Å². The van der Waals surface area contributed by atoms with E-state index in [9.17, 15) is 0 Å². The Morgan fingerprint density at radius 1 is 1.80 bits per heavy atom. The summed E-state index contributed by atoms with van der Waals surface area (Å²) in [6, 6.07) is 0. The number of nitrogens with one attached hydrogen (secondary N) is 1. The zero-order chi connectivity index (χ0) is 7.40. The van der Waals surface area contributed by atoms with Crippen LogP contribution in [0.25, 0.3) is 0 Å². The van der Waals surface area contributed by atoms with Crippen molar-refractivity contribution in [1.82, 2.24) is 10.2 Å². The molecule has 0 aliphatic rings. The van der Waals surface area contributed by atoms with Crippen molar-refractivity contribution < 1.29 is 5.11 Å². The van der Waals surface area contributed by atoms with Crippen molar-refractivity contribution in [1.29, 1.82) is 0 Å². The van der Waals surface area contributed by atoms with Crippen LogP contribution < -0.4 is 5.73 Å². The highest BCUT2D eigenvalue weighted by atomic mass is 32.2. The molecule has 0 bridgehead atoms. The van der Waals surface area contributed by atoms with Crippen molar-refractivity contribution in [3.05, 3.63) is 6.20 Å². The third-order valence-electron chi connectivity index (χ3n) is 0.981. The molecule has 1 rings (SSSR count). The molecule has 0 amide bonds. The number of thioether (sulfide) groups is 1. The number of nitrogens with two attached hydrogens (primary N) is 1. The molecule has 0 aromatic carbocycles. The van der Waals surface area contributed by atoms with E-state index in [1.165, 1.54) is 11.8 Å². The van der Waals surface area contributed by atoms with Crippen molar-refractivity contribution in [2.75, 3.05) is 18.1 Å². The Labute approximate surface area is 62.8 Å². The van der Waals surface area contributed by atoms with E-state index in [-0.39, 0.29) is 6.61 Å². The molecule has 1 aromatic rings. The van der Waals surface area contributed by atoms with Gasteiger partial charge in [-0.05, 0) is 0 Å². The Balaban J connectivity index is 2.49. The van der Waals surface area contributed by atoms with E-state index >= 15 is 0 Å². The summed E-state index contributed by atoms with van der Waals surface area (Å²) in [4.78, 5) is 0.897. The zero-order valence-corrected chi connectivity index (χ0v) is 6.19. The molecular formula is C5H9N3OS. The molecule has 4 nitrogen and oxygen atoms in total. The maximum absolute atomic E-state index is 8.46. The molecule has 0 saturated heterocycles. The number of nitrogens with zero attached hydrogens (tertiary/aromatic N) is 1. The number of aromatic nitrogens is 2. The van der Waals surface area contributed by atoms with Crippen LogP contribution in [0.5, 0.6) is 0 Å². The van der Waals surface area contributed by atoms with Crippen molar-refractivity contribution in [3.63, 3.8) is 0 Å². The predicted octanol–water partition coefficient (Wildman–Crippen LogP) is 0.0763. The van der Waals surface area contributed by atoms with Crippen molar-refractivity contribution in [2.24, 2.45) is 0 Å². The van der Waals surface area contributed by atoms with Crippen LogP contribution in [-0.2, 0) is 0 Å². The van der Waals surface area contributed by atoms with E-state index in [2.05, 4.69) is 10.2 Å². The van der Waals surface area contributed by atoms with Gasteiger partial charge in [-0.1, -0.05) is 0 Å². The first kappa shape index (κ1) is 7.43. The normalized spacial score (nSPS) is 10.1. The largest absolute Gasteiger partial charge is 0.396 e. The molecule has 5 heteroatoms. The Morgan fingerprint density at radius 3 is 3.10 bits per heavy atom. The summed E-state index contributed by atoms with van der Waals surface area (Å²) >= 11 is 1.48. The van der Waals surface area contributed by atoms with Crippen LogP contribution >= 0.6 is 11.8 Å². The van der Waals surface area contributed by atoms with Crippen molar-refractivity contribution >= 4 is 17.6 Å². The topological polar surface area (TPSA) is 74.9 Å². The Morgan fingerprint density at radius 2 is 2.60 bits per heavy atom. The van der Waals surface area contributed by atoms with Gasteiger partial charge in [-0.2, -0.15) is 5.10 Å². The van der Waals surface area contributed by atoms with E-state index in [0.29, 0.717) is 11.6 Å². The lowest BCUT2D eigenvalue weighted by atomic mass is 10.7. The quantitative estimate of drug-likeness (QED) is 0.546. The third-order valence-corrected chi connectivity index (χ3v) is 2.00. The number of anilines is 1. The molecule has 0 fully saturated rings. The summed E-state index contributed by atoms with van der Waals surface area (Å²) in [6.07, 6.45) is 1.65. The molecule has 0 aliphatic heterocycles. The van der Waals surface area contributed by atoms with Crippen molar-refractivity contribution in [2.45, 2.75) is 4.90 Å². The number of H-pyrrole nitrogens is 1. The van der Waals surface area contributed by atoms with E-state index in [0.717, 1.165) is 4.90 Å². The van der Waals surface area contributed by atoms with Gasteiger partial charge in [-0.15, -0.1) is 11.8 Å². The van der Waals surface area contributed by atoms with Crippen LogP contribution in [0.4, 0.5) is 5.82 Å². The maximum Gasteiger partial charge on any atom is 0.132 e. The maximum atomic E-state index is 8.46. The van der Waals surface area contributed by atoms with Crippen molar-refractivity contribution in [3.8, 4) is 0 Å². The monoisotopic (exact) mass is 159 g/mol. The molecule has 0 radical (unpaired) electrons. The number of aliphatic hydroxyl groups excluding tert-OH is 1. The summed E-state index contributed by atoms with van der Waals surface area (Å²) in [5.41, 5.74) is 5.46. The first-order valence-electron chi connectivity index (χ1n) is 2.87. The molecule has 0 unspecified atom stereocenters. The predicted molar refractivity (Wildman–Crippen MR) is 40.8 cm³/mol. The molecule has 1 aromatic heterocycles. The van der Waals surface area contributed by atoms with E-state index in [1.54, 1.807) is 6.20 Å². The number of hydrogen-bond donors (Lipinski definition) is 3. The SMILES string of the molecule is Nc1[nH]ncc1SCCO. The van der Waals surface area contributed by atoms with Crippen LogP contribution in [0.2, 0.25) is 0 Å². The van der Waals surface area contributed by atoms with E-state index < -0.39 is 0 Å². The number of nitrogen functional groups attached to an aromatic ring is 1. The van der Waals surface area contributed by atoms with Gasteiger partial charge in [0.2, 0.25) is 0 Å². The summed E-state index contributed by atoms with van der Waals surface area (Å²) in [6.45, 7) is 0.162. The first-order valence-corrected chi connectivity index (χ1v) is 3.85. The Bertz CT molecular complexity index is 201. The third kappa shape index (κ3) is 1.65. The Hall–Kier alpha value is -0.680. The molecule has 10 heavy (non-hydrogen) atoms. The average molecular weight is 159 g/mol. The summed E-state index contributed by atoms with van der Waals surface area (Å²) < 4.78 is 0. The zero-order valence-electron chi connectivity index (χ0n) is 5.37. The number of aliphatic hydroxyl groups is 1. The summed E-state index contributed by atoms with van der Waals surface area (Å²) in [5, 5.41) is 14.8. The van der Waals surface area contributed by atoms with Crippen LogP contribution in [0.3, 0.4) is 0 Å². The van der Waals surface area contributed by atoms with Gasteiger partial charge in [0.1, 0.15) is 5.82 Å². The van der Waals surface area contributed by atoms with Gasteiger partial charge in [-0.3, -0.25) is 5.10 Å². The number of aromatic amines is 1. The number of rotatable bonds is 3. The molecule has 0 atom stereocenters. The summed E-state index contributed by atoms with van der Waals surface area (Å²) in [7, 11) is 0. The molecule has 56 valence electrons. The lowest BCUT2D eigenvalue weighted by Crippen LogP contribution is -1.89. The fraction of sp³-hybridized carbons (Fsp3) is 0.400. The highest BCUT2D eigenvalue weighted by Gasteiger charge is 1.99. The Kier molecular flexibility index (Phi) is 2.58. The standard InChI is InChI=1S/C5H9N3OS/c6-5-4(3-7-8-5)10-2-1-9/h3,9H,1-2H2,(H3,6,7,8). The molecule has 1 heterocycles. The highest BCUT2D eigenvalue weighted by Crippen LogP contribution is 2.20. The van der Waals surface area contributed by atoms with E-state index in [4.69, 9.17) is 10.8 Å². The van der Waals surface area contributed by atoms with Crippen LogP contribution in [0.1, 0.15) is 0 Å². The fourth-order valence-corrected chi connectivity index (χ4v) is 1.20. The first-order chi connectivity index (χ1) is 4.84. The van der Waals surface area contributed by atoms with Crippen LogP contribution in [0, 0.1) is 0 Å². The van der Waals surface area contributed by atoms with Gasteiger partial charge >= 0.3 is 0 Å². The molecular weight excluding hydrogens is 150 g/mol. The number of hydrogen-bond acceptors (Lipinski definition) is 4. The van der Waals surface area contributed by atoms with Crippen LogP contribution in [0.15, 0.2) is 11.1 Å². The minimum Gasteiger partial charge on any atom is -0.396 e. The minimum absolute atomic E-state index is 0.162. The molecule has 0 aliphatic carbocycles. The second kappa shape index (κ2) is 3.48. The van der Waals surface area contributed by atoms with Gasteiger partial charge < -0.3 is 10.8 Å². The smallest absolute Gasteiger partial charge is 0.132 e. The second-order valence-electron chi connectivity index (χ2n) is 1.72. The minimum atomic E-state index is 0.162. The highest BCUT2D eigenvalue weighted by molar-refractivity contribution is 7.99. The fourth-order valence-electron chi connectivity index (χ4n) is 0.556. The summed E-state index contributed by atoms with van der Waals surface area (Å²) in [5.74, 6) is 1.22. The van der Waals surface area contributed by atoms with Crippen LogP contribution in [-0.4, -0.2) is 27.7 Å². The average Bonchev–Trinajstić information content (AvgIpc) is 2.31. The molecule has 4 N–H and O–H groups in total. The van der Waals surface area contributed by atoms with E-state index in [1.807, 2.05) is 0 Å².